The average Bonchev–Trinajstić information content (AvgIpc) is 2.14. The SMILES string of the molecule is Cl.N[C@@H](c1cccc(OC(F)(F)F)c1)C(F)F. The molecule has 8 heteroatoms. The first kappa shape index (κ1) is 15.9. The number of hydrogen-bond donors (Lipinski definition) is 1. The molecule has 0 saturated heterocycles. The normalized spacial score (nSPS) is 13.1. The van der Waals surface area contributed by atoms with Gasteiger partial charge in [0.2, 0.25) is 0 Å². The molecule has 98 valence electrons. The van der Waals surface area contributed by atoms with E-state index in [9.17, 15) is 22.0 Å². The van der Waals surface area contributed by atoms with Crippen LogP contribution in [0.25, 0.3) is 0 Å². The summed E-state index contributed by atoms with van der Waals surface area (Å²) >= 11 is 0. The van der Waals surface area contributed by atoms with Gasteiger partial charge in [0.05, 0.1) is 6.04 Å². The highest BCUT2D eigenvalue weighted by molar-refractivity contribution is 5.85. The molecule has 0 unspecified atom stereocenters. The van der Waals surface area contributed by atoms with Gasteiger partial charge >= 0.3 is 6.36 Å². The van der Waals surface area contributed by atoms with Crippen molar-refractivity contribution in [3.05, 3.63) is 29.8 Å². The largest absolute Gasteiger partial charge is 0.573 e. The molecular formula is C9H9ClF5NO. The van der Waals surface area contributed by atoms with Crippen LogP contribution in [0.5, 0.6) is 5.75 Å². The second-order valence-electron chi connectivity index (χ2n) is 2.98. The molecule has 17 heavy (non-hydrogen) atoms. The third kappa shape index (κ3) is 5.18. The summed E-state index contributed by atoms with van der Waals surface area (Å²) in [5.74, 6) is -0.568. The Morgan fingerprint density at radius 1 is 1.18 bits per heavy atom. The molecule has 0 fully saturated rings. The van der Waals surface area contributed by atoms with Crippen molar-refractivity contribution in [2.24, 2.45) is 5.73 Å². The fourth-order valence-corrected chi connectivity index (χ4v) is 1.06. The predicted octanol–water partition coefficient (Wildman–Crippen LogP) is 3.27. The number of alkyl halides is 5. The quantitative estimate of drug-likeness (QED) is 0.861. The summed E-state index contributed by atoms with van der Waals surface area (Å²) in [6.07, 6.45) is -7.70. The fraction of sp³-hybridized carbons (Fsp3) is 0.333. The van der Waals surface area contributed by atoms with Crippen LogP contribution in [0.2, 0.25) is 0 Å². The Labute approximate surface area is 100.0 Å². The Kier molecular flexibility index (Phi) is 5.63. The van der Waals surface area contributed by atoms with E-state index in [1.807, 2.05) is 0 Å². The van der Waals surface area contributed by atoms with Crippen LogP contribution >= 0.6 is 12.4 Å². The zero-order valence-electron chi connectivity index (χ0n) is 8.25. The first-order valence-electron chi connectivity index (χ1n) is 4.19. The van der Waals surface area contributed by atoms with Gasteiger partial charge in [-0.3, -0.25) is 0 Å². The van der Waals surface area contributed by atoms with E-state index < -0.39 is 24.6 Å². The first-order chi connectivity index (χ1) is 7.29. The molecule has 0 aliphatic rings. The Morgan fingerprint density at radius 2 is 1.76 bits per heavy atom. The topological polar surface area (TPSA) is 35.2 Å². The van der Waals surface area contributed by atoms with Crippen LogP contribution in [-0.4, -0.2) is 12.8 Å². The maximum absolute atomic E-state index is 12.2. The molecular weight excluding hydrogens is 269 g/mol. The highest BCUT2D eigenvalue weighted by Gasteiger charge is 2.31. The number of ether oxygens (including phenoxy) is 1. The minimum Gasteiger partial charge on any atom is -0.406 e. The van der Waals surface area contributed by atoms with Crippen molar-refractivity contribution in [3.8, 4) is 5.75 Å². The molecule has 0 aliphatic heterocycles. The third-order valence-corrected chi connectivity index (χ3v) is 1.75. The Hall–Kier alpha value is -1.08. The standard InChI is InChI=1S/C9H8F5NO.ClH/c10-8(11)7(15)5-2-1-3-6(4-5)16-9(12,13)14;/h1-4,7-8H,15H2;1H/t7-;/m0./s1. The lowest BCUT2D eigenvalue weighted by molar-refractivity contribution is -0.274. The van der Waals surface area contributed by atoms with Gasteiger partial charge in [-0.25, -0.2) is 8.78 Å². The Morgan fingerprint density at radius 3 is 2.24 bits per heavy atom. The fourth-order valence-electron chi connectivity index (χ4n) is 1.06. The van der Waals surface area contributed by atoms with Crippen molar-refractivity contribution in [2.45, 2.75) is 18.8 Å². The van der Waals surface area contributed by atoms with Crippen molar-refractivity contribution < 1.29 is 26.7 Å². The molecule has 2 N–H and O–H groups in total. The van der Waals surface area contributed by atoms with Gasteiger partial charge in [0, 0.05) is 0 Å². The summed E-state index contributed by atoms with van der Waals surface area (Å²) in [5.41, 5.74) is 4.97. The van der Waals surface area contributed by atoms with Crippen molar-refractivity contribution in [3.63, 3.8) is 0 Å². The lowest BCUT2D eigenvalue weighted by Crippen LogP contribution is -2.20. The van der Waals surface area contributed by atoms with Gasteiger partial charge < -0.3 is 10.5 Å². The summed E-state index contributed by atoms with van der Waals surface area (Å²) in [5, 5.41) is 0. The molecule has 1 rings (SSSR count). The molecule has 2 nitrogen and oxygen atoms in total. The second-order valence-corrected chi connectivity index (χ2v) is 2.98. The summed E-state index contributed by atoms with van der Waals surface area (Å²) in [7, 11) is 0. The highest BCUT2D eigenvalue weighted by atomic mass is 35.5. The molecule has 1 atom stereocenters. The number of hydrogen-bond acceptors (Lipinski definition) is 2. The van der Waals surface area contributed by atoms with Gasteiger partial charge in [-0.15, -0.1) is 25.6 Å². The molecule has 1 aromatic rings. The summed E-state index contributed by atoms with van der Waals surface area (Å²) in [6, 6.07) is 2.59. The maximum Gasteiger partial charge on any atom is 0.573 e. The van der Waals surface area contributed by atoms with Crippen LogP contribution in [-0.2, 0) is 0 Å². The summed E-state index contributed by atoms with van der Waals surface area (Å²) in [4.78, 5) is 0. The van der Waals surface area contributed by atoms with Gasteiger partial charge in [-0.1, -0.05) is 12.1 Å². The van der Waals surface area contributed by atoms with Crippen LogP contribution in [0.4, 0.5) is 22.0 Å². The van der Waals surface area contributed by atoms with Crippen molar-refractivity contribution >= 4 is 12.4 Å². The van der Waals surface area contributed by atoms with E-state index in [1.165, 1.54) is 12.1 Å². The molecule has 0 radical (unpaired) electrons. The number of nitrogens with two attached hydrogens (primary N) is 1. The minimum atomic E-state index is -4.85. The van der Waals surface area contributed by atoms with E-state index in [0.717, 1.165) is 12.1 Å². The number of benzene rings is 1. The Balaban J connectivity index is 0.00000256. The van der Waals surface area contributed by atoms with Gasteiger partial charge in [0.15, 0.2) is 0 Å². The van der Waals surface area contributed by atoms with Crippen LogP contribution in [0, 0.1) is 0 Å². The molecule has 0 spiro atoms. The minimum absolute atomic E-state index is 0. The van der Waals surface area contributed by atoms with Gasteiger partial charge in [-0.05, 0) is 17.7 Å². The summed E-state index contributed by atoms with van der Waals surface area (Å²) in [6.45, 7) is 0. The van der Waals surface area contributed by atoms with Crippen molar-refractivity contribution in [1.82, 2.24) is 0 Å². The lowest BCUT2D eigenvalue weighted by atomic mass is 10.1. The van der Waals surface area contributed by atoms with Crippen LogP contribution < -0.4 is 10.5 Å². The first-order valence-corrected chi connectivity index (χ1v) is 4.19. The third-order valence-electron chi connectivity index (χ3n) is 1.75. The molecule has 1 aromatic carbocycles. The molecule has 0 amide bonds. The van der Waals surface area contributed by atoms with E-state index >= 15 is 0 Å². The van der Waals surface area contributed by atoms with E-state index in [0.29, 0.717) is 0 Å². The van der Waals surface area contributed by atoms with E-state index in [2.05, 4.69) is 4.74 Å². The molecule has 0 saturated carbocycles. The van der Waals surface area contributed by atoms with E-state index in [1.54, 1.807) is 0 Å². The highest BCUT2D eigenvalue weighted by Crippen LogP contribution is 2.26. The monoisotopic (exact) mass is 277 g/mol. The van der Waals surface area contributed by atoms with Gasteiger partial charge in [0.25, 0.3) is 6.43 Å². The molecule has 0 aromatic heterocycles. The van der Waals surface area contributed by atoms with Gasteiger partial charge in [0.1, 0.15) is 5.75 Å². The summed E-state index contributed by atoms with van der Waals surface area (Å²) < 4.78 is 63.5. The number of rotatable bonds is 3. The van der Waals surface area contributed by atoms with E-state index in [4.69, 9.17) is 5.73 Å². The molecule has 0 bridgehead atoms. The zero-order chi connectivity index (χ0) is 12.3. The van der Waals surface area contributed by atoms with Crippen molar-refractivity contribution in [2.75, 3.05) is 0 Å². The molecule has 0 aliphatic carbocycles. The van der Waals surface area contributed by atoms with Crippen LogP contribution in [0.3, 0.4) is 0 Å². The lowest BCUT2D eigenvalue weighted by Gasteiger charge is -2.13. The zero-order valence-corrected chi connectivity index (χ0v) is 9.06. The average molecular weight is 278 g/mol. The number of halogens is 6. The Bertz CT molecular complexity index is 357. The van der Waals surface area contributed by atoms with Crippen LogP contribution in [0.1, 0.15) is 11.6 Å². The molecule has 0 heterocycles. The van der Waals surface area contributed by atoms with Gasteiger partial charge in [-0.2, -0.15) is 0 Å². The second kappa shape index (κ2) is 6.02. The predicted molar refractivity (Wildman–Crippen MR) is 53.3 cm³/mol. The van der Waals surface area contributed by atoms with E-state index in [-0.39, 0.29) is 18.0 Å². The van der Waals surface area contributed by atoms with Crippen molar-refractivity contribution in [1.29, 1.82) is 0 Å². The van der Waals surface area contributed by atoms with Crippen LogP contribution in [0.15, 0.2) is 24.3 Å². The smallest absolute Gasteiger partial charge is 0.406 e. The maximum atomic E-state index is 12.2.